The van der Waals surface area contributed by atoms with E-state index in [1.165, 1.54) is 5.56 Å². The molecule has 1 aromatic carbocycles. The lowest BCUT2D eigenvalue weighted by molar-refractivity contribution is 0.0993. The van der Waals surface area contributed by atoms with Gasteiger partial charge in [0.15, 0.2) is 0 Å². The summed E-state index contributed by atoms with van der Waals surface area (Å²) in [6, 6.07) is 6.50. The molecule has 0 unspecified atom stereocenters. The summed E-state index contributed by atoms with van der Waals surface area (Å²) >= 11 is 0. The van der Waals surface area contributed by atoms with Crippen molar-refractivity contribution in [2.45, 2.75) is 24.4 Å². The van der Waals surface area contributed by atoms with Gasteiger partial charge in [-0.1, -0.05) is 18.2 Å². The Morgan fingerprint density at radius 2 is 2.20 bits per heavy atom. The van der Waals surface area contributed by atoms with E-state index in [4.69, 9.17) is 4.74 Å². The number of likely N-dealkylation sites (tertiary alicyclic amines) is 1. The predicted octanol–water partition coefficient (Wildman–Crippen LogP) is 1.36. The lowest BCUT2D eigenvalue weighted by Gasteiger charge is -2.33. The number of aliphatic hydroxyl groups excluding tert-OH is 2. The number of nitrogens with one attached hydrogen (secondary N) is 1. The highest BCUT2D eigenvalue weighted by atomic mass is 16.5. The summed E-state index contributed by atoms with van der Waals surface area (Å²) in [6.45, 7) is 5.92. The number of aliphatic hydroxyl groups is 2. The molecule has 25 heavy (non-hydrogen) atoms. The Balaban J connectivity index is 1.96. The van der Waals surface area contributed by atoms with Gasteiger partial charge in [-0.05, 0) is 48.9 Å². The number of benzene rings is 1. The smallest absolute Gasteiger partial charge is 0.122 e. The number of rotatable bonds is 7. The fourth-order valence-corrected chi connectivity index (χ4v) is 4.82. The first-order chi connectivity index (χ1) is 12.1. The van der Waals surface area contributed by atoms with Crippen LogP contribution >= 0.6 is 0 Å². The molecular formula is C20H30N2O3. The molecule has 0 aliphatic carbocycles. The average molecular weight is 346 g/mol. The summed E-state index contributed by atoms with van der Waals surface area (Å²) in [6.07, 6.45) is 3.23. The molecule has 0 spiro atoms. The summed E-state index contributed by atoms with van der Waals surface area (Å²) in [5, 5.41) is 23.4. The van der Waals surface area contributed by atoms with Crippen molar-refractivity contribution >= 4 is 0 Å². The molecular weight excluding hydrogens is 316 g/mol. The summed E-state index contributed by atoms with van der Waals surface area (Å²) in [4.78, 5) is 2.33. The van der Waals surface area contributed by atoms with Gasteiger partial charge in [0.1, 0.15) is 5.75 Å². The highest BCUT2D eigenvalue weighted by Crippen LogP contribution is 2.48. The van der Waals surface area contributed by atoms with Gasteiger partial charge in [-0.25, -0.2) is 0 Å². The van der Waals surface area contributed by atoms with Crippen molar-refractivity contribution in [2.24, 2.45) is 11.8 Å². The van der Waals surface area contributed by atoms with E-state index in [1.807, 2.05) is 12.1 Å². The SMILES string of the molecule is C=CCc1cc([C@H]2N[C@](CO)(CCO)[C@H]3CN(C)C[C@@H]23)ccc1OC. The van der Waals surface area contributed by atoms with Crippen LogP contribution in [0.25, 0.3) is 0 Å². The summed E-state index contributed by atoms with van der Waals surface area (Å²) in [5.41, 5.74) is 1.94. The maximum Gasteiger partial charge on any atom is 0.122 e. The van der Waals surface area contributed by atoms with Crippen molar-refractivity contribution < 1.29 is 14.9 Å². The van der Waals surface area contributed by atoms with E-state index >= 15 is 0 Å². The zero-order valence-electron chi connectivity index (χ0n) is 15.2. The quantitative estimate of drug-likeness (QED) is 0.651. The van der Waals surface area contributed by atoms with Crippen LogP contribution in [-0.2, 0) is 6.42 Å². The van der Waals surface area contributed by atoms with Crippen molar-refractivity contribution in [3.63, 3.8) is 0 Å². The van der Waals surface area contributed by atoms with Crippen LogP contribution < -0.4 is 10.1 Å². The second kappa shape index (κ2) is 7.46. The molecule has 0 saturated carbocycles. The molecule has 0 aromatic heterocycles. The monoisotopic (exact) mass is 346 g/mol. The lowest BCUT2D eigenvalue weighted by atomic mass is 9.79. The van der Waals surface area contributed by atoms with Crippen LogP contribution in [0.1, 0.15) is 23.6 Å². The van der Waals surface area contributed by atoms with Gasteiger partial charge in [-0.2, -0.15) is 0 Å². The van der Waals surface area contributed by atoms with Gasteiger partial charge >= 0.3 is 0 Å². The number of ether oxygens (including phenoxy) is 1. The lowest BCUT2D eigenvalue weighted by Crippen LogP contribution is -2.51. The standard InChI is InChI=1S/C20H30N2O3/c1-4-5-14-10-15(6-7-18(14)25-3)19-16-11-22(2)12-17(16)20(13-24,21-19)8-9-23/h4,6-7,10,16-17,19,21,23-24H,1,5,8-9,11-13H2,2-3H3/t16-,17+,19-,20+/m1/s1. The predicted molar refractivity (Wildman–Crippen MR) is 98.8 cm³/mol. The molecule has 2 fully saturated rings. The van der Waals surface area contributed by atoms with Gasteiger partial charge < -0.3 is 25.2 Å². The van der Waals surface area contributed by atoms with E-state index in [-0.39, 0.29) is 19.3 Å². The van der Waals surface area contributed by atoms with Crippen molar-refractivity contribution in [3.05, 3.63) is 42.0 Å². The van der Waals surface area contributed by atoms with Crippen LogP contribution in [0, 0.1) is 11.8 Å². The maximum atomic E-state index is 10.1. The minimum Gasteiger partial charge on any atom is -0.496 e. The van der Waals surface area contributed by atoms with E-state index < -0.39 is 5.54 Å². The second-order valence-corrected chi connectivity index (χ2v) is 7.47. The Morgan fingerprint density at radius 3 is 2.84 bits per heavy atom. The second-order valence-electron chi connectivity index (χ2n) is 7.47. The zero-order valence-corrected chi connectivity index (χ0v) is 15.2. The molecule has 3 rings (SSSR count). The van der Waals surface area contributed by atoms with Crippen LogP contribution in [0.15, 0.2) is 30.9 Å². The van der Waals surface area contributed by atoms with Crippen molar-refractivity contribution in [1.82, 2.24) is 10.2 Å². The first-order valence-electron chi connectivity index (χ1n) is 9.04. The molecule has 5 nitrogen and oxygen atoms in total. The number of methoxy groups -OCH3 is 1. The van der Waals surface area contributed by atoms with Gasteiger partial charge in [0.2, 0.25) is 0 Å². The third-order valence-corrected chi connectivity index (χ3v) is 6.00. The minimum atomic E-state index is -0.409. The van der Waals surface area contributed by atoms with Crippen LogP contribution in [-0.4, -0.2) is 61.1 Å². The van der Waals surface area contributed by atoms with E-state index in [0.717, 1.165) is 30.8 Å². The minimum absolute atomic E-state index is 0.0503. The zero-order chi connectivity index (χ0) is 18.0. The molecule has 0 amide bonds. The number of hydrogen-bond donors (Lipinski definition) is 3. The molecule has 4 atom stereocenters. The van der Waals surface area contributed by atoms with Gasteiger partial charge in [-0.15, -0.1) is 6.58 Å². The van der Waals surface area contributed by atoms with E-state index in [2.05, 4.69) is 36.0 Å². The summed E-state index contributed by atoms with van der Waals surface area (Å²) in [5.74, 6) is 1.64. The number of fused-ring (bicyclic) bond motifs is 1. The Labute approximate surface area is 150 Å². The Kier molecular flexibility index (Phi) is 5.49. The number of hydrogen-bond acceptors (Lipinski definition) is 5. The molecule has 2 aliphatic rings. The number of allylic oxidation sites excluding steroid dienone is 1. The Hall–Kier alpha value is -1.40. The third kappa shape index (κ3) is 3.22. The van der Waals surface area contributed by atoms with E-state index in [0.29, 0.717) is 18.3 Å². The Morgan fingerprint density at radius 1 is 1.40 bits per heavy atom. The van der Waals surface area contributed by atoms with Gasteiger partial charge in [0.25, 0.3) is 0 Å². The molecule has 3 N–H and O–H groups in total. The molecule has 2 heterocycles. The molecule has 0 radical (unpaired) electrons. The molecule has 138 valence electrons. The Bertz CT molecular complexity index is 621. The maximum absolute atomic E-state index is 10.1. The molecule has 2 aliphatic heterocycles. The normalized spacial score (nSPS) is 31.9. The van der Waals surface area contributed by atoms with E-state index in [1.54, 1.807) is 7.11 Å². The highest BCUT2D eigenvalue weighted by Gasteiger charge is 2.55. The highest BCUT2D eigenvalue weighted by molar-refractivity contribution is 5.40. The third-order valence-electron chi connectivity index (χ3n) is 6.00. The van der Waals surface area contributed by atoms with Crippen molar-refractivity contribution in [1.29, 1.82) is 0 Å². The molecule has 5 heteroatoms. The molecule has 1 aromatic rings. The summed E-state index contributed by atoms with van der Waals surface area (Å²) in [7, 11) is 3.82. The molecule has 0 bridgehead atoms. The van der Waals surface area contributed by atoms with Crippen LogP contribution in [0.4, 0.5) is 0 Å². The molecule has 2 saturated heterocycles. The topological polar surface area (TPSA) is 65.0 Å². The van der Waals surface area contributed by atoms with Crippen molar-refractivity contribution in [3.8, 4) is 5.75 Å². The van der Waals surface area contributed by atoms with Gasteiger partial charge in [0.05, 0.1) is 13.7 Å². The largest absolute Gasteiger partial charge is 0.496 e. The fraction of sp³-hybridized carbons (Fsp3) is 0.600. The first-order valence-corrected chi connectivity index (χ1v) is 9.04. The van der Waals surface area contributed by atoms with E-state index in [9.17, 15) is 10.2 Å². The fourth-order valence-electron chi connectivity index (χ4n) is 4.82. The first kappa shape index (κ1) is 18.4. The van der Waals surface area contributed by atoms with Crippen molar-refractivity contribution in [2.75, 3.05) is 40.5 Å². The van der Waals surface area contributed by atoms with Crippen LogP contribution in [0.2, 0.25) is 0 Å². The van der Waals surface area contributed by atoms with Crippen LogP contribution in [0.5, 0.6) is 5.75 Å². The van der Waals surface area contributed by atoms with Gasteiger partial charge in [-0.3, -0.25) is 0 Å². The number of nitrogens with zero attached hydrogens (tertiary/aromatic N) is 1. The summed E-state index contributed by atoms with van der Waals surface area (Å²) < 4.78 is 5.47. The average Bonchev–Trinajstić information content (AvgIpc) is 3.13. The van der Waals surface area contributed by atoms with Crippen LogP contribution in [0.3, 0.4) is 0 Å². The van der Waals surface area contributed by atoms with Gasteiger partial charge in [0, 0.05) is 31.3 Å².